The molecule has 0 aliphatic rings. The van der Waals surface area contributed by atoms with E-state index in [2.05, 4.69) is 5.32 Å². The van der Waals surface area contributed by atoms with Gasteiger partial charge in [-0.05, 0) is 24.3 Å². The Hall–Kier alpha value is -2.16. The molecule has 0 amide bonds. The van der Waals surface area contributed by atoms with Crippen molar-refractivity contribution >= 4 is 11.4 Å². The van der Waals surface area contributed by atoms with Gasteiger partial charge in [0.2, 0.25) is 0 Å². The SMILES string of the molecule is COc1cccc(Nc2cccc(OC)c2)c1. The van der Waals surface area contributed by atoms with Gasteiger partial charge in [-0.25, -0.2) is 0 Å². The summed E-state index contributed by atoms with van der Waals surface area (Å²) < 4.78 is 10.3. The number of nitrogens with one attached hydrogen (secondary N) is 1. The molecule has 0 atom stereocenters. The Balaban J connectivity index is 2.18. The fourth-order valence-electron chi connectivity index (χ4n) is 1.57. The van der Waals surface area contributed by atoms with Crippen LogP contribution < -0.4 is 14.8 Å². The highest BCUT2D eigenvalue weighted by molar-refractivity contribution is 5.62. The maximum atomic E-state index is 5.17. The molecular formula is C14H15NO2. The lowest BCUT2D eigenvalue weighted by molar-refractivity contribution is 0.415. The molecule has 1 N–H and O–H groups in total. The lowest BCUT2D eigenvalue weighted by atomic mass is 10.2. The Morgan fingerprint density at radius 1 is 0.765 bits per heavy atom. The molecule has 0 aliphatic heterocycles. The van der Waals surface area contributed by atoms with Crippen molar-refractivity contribution in [2.45, 2.75) is 0 Å². The summed E-state index contributed by atoms with van der Waals surface area (Å²) in [6.07, 6.45) is 0. The highest BCUT2D eigenvalue weighted by atomic mass is 16.5. The van der Waals surface area contributed by atoms with Gasteiger partial charge in [0.15, 0.2) is 0 Å². The number of hydrogen-bond acceptors (Lipinski definition) is 3. The smallest absolute Gasteiger partial charge is 0.120 e. The summed E-state index contributed by atoms with van der Waals surface area (Å²) in [6, 6.07) is 15.6. The molecule has 0 aromatic heterocycles. The van der Waals surface area contributed by atoms with E-state index in [4.69, 9.17) is 9.47 Å². The van der Waals surface area contributed by atoms with Crippen molar-refractivity contribution < 1.29 is 9.47 Å². The van der Waals surface area contributed by atoms with Gasteiger partial charge in [-0.1, -0.05) is 12.1 Å². The van der Waals surface area contributed by atoms with Crippen molar-refractivity contribution in [1.29, 1.82) is 0 Å². The van der Waals surface area contributed by atoms with Crippen LogP contribution in [-0.4, -0.2) is 14.2 Å². The normalized spacial score (nSPS) is 9.76. The van der Waals surface area contributed by atoms with Crippen molar-refractivity contribution in [3.8, 4) is 11.5 Å². The van der Waals surface area contributed by atoms with E-state index in [1.54, 1.807) is 14.2 Å². The molecule has 0 saturated carbocycles. The van der Waals surface area contributed by atoms with Crippen LogP contribution in [0.1, 0.15) is 0 Å². The first kappa shape index (κ1) is 11.3. The number of rotatable bonds is 4. The van der Waals surface area contributed by atoms with E-state index in [1.807, 2.05) is 48.5 Å². The molecule has 2 aromatic rings. The molecule has 0 bridgehead atoms. The van der Waals surface area contributed by atoms with E-state index in [0.717, 1.165) is 22.9 Å². The third-order valence-electron chi connectivity index (χ3n) is 2.43. The number of hydrogen-bond donors (Lipinski definition) is 1. The van der Waals surface area contributed by atoms with Crippen molar-refractivity contribution in [2.75, 3.05) is 19.5 Å². The van der Waals surface area contributed by atoms with Crippen LogP contribution in [0.5, 0.6) is 11.5 Å². The van der Waals surface area contributed by atoms with E-state index < -0.39 is 0 Å². The second-order valence-electron chi connectivity index (χ2n) is 3.59. The van der Waals surface area contributed by atoms with Crippen LogP contribution >= 0.6 is 0 Å². The minimum atomic E-state index is 0.831. The third-order valence-corrected chi connectivity index (χ3v) is 2.43. The monoisotopic (exact) mass is 229 g/mol. The van der Waals surface area contributed by atoms with Crippen LogP contribution in [0.15, 0.2) is 48.5 Å². The van der Waals surface area contributed by atoms with Gasteiger partial charge >= 0.3 is 0 Å². The lowest BCUT2D eigenvalue weighted by Gasteiger charge is -2.09. The maximum absolute atomic E-state index is 5.17. The van der Waals surface area contributed by atoms with E-state index >= 15 is 0 Å². The Bertz CT molecular complexity index is 452. The molecule has 0 unspecified atom stereocenters. The summed E-state index contributed by atoms with van der Waals surface area (Å²) in [7, 11) is 3.31. The van der Waals surface area contributed by atoms with Gasteiger partial charge in [-0.3, -0.25) is 0 Å². The summed E-state index contributed by atoms with van der Waals surface area (Å²) >= 11 is 0. The zero-order chi connectivity index (χ0) is 12.1. The molecular weight excluding hydrogens is 214 g/mol. The molecule has 0 spiro atoms. The Morgan fingerprint density at radius 2 is 1.24 bits per heavy atom. The molecule has 17 heavy (non-hydrogen) atoms. The van der Waals surface area contributed by atoms with Gasteiger partial charge in [-0.15, -0.1) is 0 Å². The Kier molecular flexibility index (Phi) is 3.50. The number of methoxy groups -OCH3 is 2. The average molecular weight is 229 g/mol. The molecule has 3 nitrogen and oxygen atoms in total. The van der Waals surface area contributed by atoms with Crippen LogP contribution in [0, 0.1) is 0 Å². The average Bonchev–Trinajstić information content (AvgIpc) is 2.39. The predicted octanol–water partition coefficient (Wildman–Crippen LogP) is 3.45. The topological polar surface area (TPSA) is 30.5 Å². The summed E-state index contributed by atoms with van der Waals surface area (Å²) in [5, 5.41) is 3.29. The van der Waals surface area contributed by atoms with Crippen LogP contribution in [0.25, 0.3) is 0 Å². The van der Waals surface area contributed by atoms with E-state index in [9.17, 15) is 0 Å². The van der Waals surface area contributed by atoms with Crippen molar-refractivity contribution in [2.24, 2.45) is 0 Å². The Morgan fingerprint density at radius 3 is 1.65 bits per heavy atom. The highest BCUT2D eigenvalue weighted by Gasteiger charge is 1.98. The number of ether oxygens (including phenoxy) is 2. The molecule has 0 radical (unpaired) electrons. The molecule has 0 saturated heterocycles. The standard InChI is InChI=1S/C14H15NO2/c1-16-13-7-3-5-11(9-13)15-12-6-4-8-14(10-12)17-2/h3-10,15H,1-2H3. The van der Waals surface area contributed by atoms with Gasteiger partial charge in [-0.2, -0.15) is 0 Å². The minimum Gasteiger partial charge on any atom is -0.497 e. The van der Waals surface area contributed by atoms with Gasteiger partial charge < -0.3 is 14.8 Å². The number of anilines is 2. The van der Waals surface area contributed by atoms with Gasteiger partial charge in [0.05, 0.1) is 14.2 Å². The molecule has 0 aliphatic carbocycles. The van der Waals surface area contributed by atoms with Crippen molar-refractivity contribution in [3.63, 3.8) is 0 Å². The van der Waals surface area contributed by atoms with Gasteiger partial charge in [0.1, 0.15) is 11.5 Å². The maximum Gasteiger partial charge on any atom is 0.120 e. The minimum absolute atomic E-state index is 0.831. The molecule has 0 fully saturated rings. The molecule has 2 aromatic carbocycles. The zero-order valence-corrected chi connectivity index (χ0v) is 9.94. The fraction of sp³-hybridized carbons (Fsp3) is 0.143. The molecule has 88 valence electrons. The summed E-state index contributed by atoms with van der Waals surface area (Å²) in [6.45, 7) is 0. The predicted molar refractivity (Wildman–Crippen MR) is 69.3 cm³/mol. The first-order valence-electron chi connectivity index (χ1n) is 5.37. The summed E-state index contributed by atoms with van der Waals surface area (Å²) in [5.41, 5.74) is 1.97. The third kappa shape index (κ3) is 2.91. The van der Waals surface area contributed by atoms with E-state index in [1.165, 1.54) is 0 Å². The second kappa shape index (κ2) is 5.25. The van der Waals surface area contributed by atoms with E-state index in [0.29, 0.717) is 0 Å². The second-order valence-corrected chi connectivity index (χ2v) is 3.59. The van der Waals surface area contributed by atoms with Gasteiger partial charge in [0.25, 0.3) is 0 Å². The van der Waals surface area contributed by atoms with Crippen LogP contribution in [0.3, 0.4) is 0 Å². The van der Waals surface area contributed by atoms with Crippen molar-refractivity contribution in [1.82, 2.24) is 0 Å². The van der Waals surface area contributed by atoms with Gasteiger partial charge in [0, 0.05) is 23.5 Å². The van der Waals surface area contributed by atoms with Crippen LogP contribution in [0.2, 0.25) is 0 Å². The highest BCUT2D eigenvalue weighted by Crippen LogP contribution is 2.23. The quantitative estimate of drug-likeness (QED) is 0.871. The van der Waals surface area contributed by atoms with Crippen LogP contribution in [0.4, 0.5) is 11.4 Å². The Labute approximate surface area is 101 Å². The molecule has 2 rings (SSSR count). The first-order valence-corrected chi connectivity index (χ1v) is 5.37. The zero-order valence-electron chi connectivity index (χ0n) is 9.94. The molecule has 0 heterocycles. The van der Waals surface area contributed by atoms with E-state index in [-0.39, 0.29) is 0 Å². The van der Waals surface area contributed by atoms with Crippen LogP contribution in [-0.2, 0) is 0 Å². The lowest BCUT2D eigenvalue weighted by Crippen LogP contribution is -1.92. The number of benzene rings is 2. The fourth-order valence-corrected chi connectivity index (χ4v) is 1.57. The summed E-state index contributed by atoms with van der Waals surface area (Å²) in [4.78, 5) is 0. The largest absolute Gasteiger partial charge is 0.497 e. The summed E-state index contributed by atoms with van der Waals surface area (Å²) in [5.74, 6) is 1.66. The first-order chi connectivity index (χ1) is 8.31. The molecule has 3 heteroatoms. The van der Waals surface area contributed by atoms with Crippen molar-refractivity contribution in [3.05, 3.63) is 48.5 Å².